The first-order valence-electron chi connectivity index (χ1n) is 8.88. The Morgan fingerprint density at radius 2 is 1.96 bits per heavy atom. The van der Waals surface area contributed by atoms with Gasteiger partial charge in [0.2, 0.25) is 0 Å². The number of imidazole rings is 1. The second-order valence-electron chi connectivity index (χ2n) is 7.91. The van der Waals surface area contributed by atoms with Crippen molar-refractivity contribution < 1.29 is 4.79 Å². The van der Waals surface area contributed by atoms with Crippen molar-refractivity contribution in [3.8, 4) is 0 Å². The SMILES string of the molecule is CC(C)(C)c1cc(=O)n(CC2CCN(C(=O)c3c[nH]c(=O)[nH]3)CC2)cn1. The van der Waals surface area contributed by atoms with Crippen LogP contribution < -0.4 is 11.2 Å². The number of piperidine rings is 1. The molecule has 0 radical (unpaired) electrons. The predicted molar refractivity (Wildman–Crippen MR) is 97.2 cm³/mol. The summed E-state index contributed by atoms with van der Waals surface area (Å²) in [5.74, 6) is 0.152. The van der Waals surface area contributed by atoms with Crippen LogP contribution in [0.4, 0.5) is 0 Å². The largest absolute Gasteiger partial charge is 0.337 e. The maximum absolute atomic E-state index is 12.3. The Kier molecular flexibility index (Phi) is 4.84. The summed E-state index contributed by atoms with van der Waals surface area (Å²) in [5, 5.41) is 0. The van der Waals surface area contributed by atoms with Gasteiger partial charge >= 0.3 is 5.69 Å². The second kappa shape index (κ2) is 6.93. The molecule has 1 aliphatic heterocycles. The molecule has 2 N–H and O–H groups in total. The number of aromatic nitrogens is 4. The Hall–Kier alpha value is -2.64. The third-order valence-corrected chi connectivity index (χ3v) is 4.83. The number of nitrogens with one attached hydrogen (secondary N) is 2. The van der Waals surface area contributed by atoms with Gasteiger partial charge in [-0.05, 0) is 18.8 Å². The van der Waals surface area contributed by atoms with Gasteiger partial charge in [-0.3, -0.25) is 14.2 Å². The highest BCUT2D eigenvalue weighted by molar-refractivity contribution is 5.92. The third kappa shape index (κ3) is 3.95. The van der Waals surface area contributed by atoms with Crippen LogP contribution in [0.1, 0.15) is 49.8 Å². The van der Waals surface area contributed by atoms with Crippen LogP contribution in [0, 0.1) is 5.92 Å². The summed E-state index contributed by atoms with van der Waals surface area (Å²) >= 11 is 0. The Bertz CT molecular complexity index is 894. The van der Waals surface area contributed by atoms with Crippen LogP contribution in [0.2, 0.25) is 0 Å². The van der Waals surface area contributed by atoms with Crippen molar-refractivity contribution in [2.75, 3.05) is 13.1 Å². The minimum atomic E-state index is -0.381. The van der Waals surface area contributed by atoms with Gasteiger partial charge in [-0.1, -0.05) is 20.8 Å². The molecule has 8 heteroatoms. The van der Waals surface area contributed by atoms with Crippen LogP contribution in [0.15, 0.2) is 28.2 Å². The Labute approximate surface area is 151 Å². The molecule has 26 heavy (non-hydrogen) atoms. The number of nitrogens with zero attached hydrogens (tertiary/aromatic N) is 3. The van der Waals surface area contributed by atoms with Gasteiger partial charge in [0.05, 0.1) is 12.0 Å². The molecule has 2 aromatic rings. The third-order valence-electron chi connectivity index (χ3n) is 4.83. The van der Waals surface area contributed by atoms with Gasteiger partial charge in [0, 0.05) is 37.3 Å². The van der Waals surface area contributed by atoms with E-state index in [1.54, 1.807) is 21.9 Å². The van der Waals surface area contributed by atoms with Gasteiger partial charge < -0.3 is 14.9 Å². The first-order valence-corrected chi connectivity index (χ1v) is 8.88. The molecule has 1 fully saturated rings. The summed E-state index contributed by atoms with van der Waals surface area (Å²) in [6, 6.07) is 1.61. The lowest BCUT2D eigenvalue weighted by Gasteiger charge is -2.32. The van der Waals surface area contributed by atoms with Crippen molar-refractivity contribution in [3.05, 3.63) is 50.8 Å². The number of aromatic amines is 2. The molecule has 140 valence electrons. The van der Waals surface area contributed by atoms with Crippen LogP contribution >= 0.6 is 0 Å². The van der Waals surface area contributed by atoms with Crippen molar-refractivity contribution in [2.24, 2.45) is 5.92 Å². The number of carbonyl (C=O) groups is 1. The zero-order chi connectivity index (χ0) is 18.9. The summed E-state index contributed by atoms with van der Waals surface area (Å²) in [4.78, 5) is 46.9. The summed E-state index contributed by atoms with van der Waals surface area (Å²) in [7, 11) is 0. The summed E-state index contributed by atoms with van der Waals surface area (Å²) in [5.41, 5.74) is 0.511. The molecular formula is C18H25N5O3. The fraction of sp³-hybridized carbons (Fsp3) is 0.556. The molecule has 0 bridgehead atoms. The topological polar surface area (TPSA) is 104 Å². The van der Waals surface area contributed by atoms with E-state index in [2.05, 4.69) is 15.0 Å². The maximum Gasteiger partial charge on any atom is 0.323 e. The van der Waals surface area contributed by atoms with E-state index < -0.39 is 0 Å². The van der Waals surface area contributed by atoms with E-state index in [1.807, 2.05) is 20.8 Å². The molecular weight excluding hydrogens is 334 g/mol. The van der Waals surface area contributed by atoms with Gasteiger partial charge in [-0.2, -0.15) is 0 Å². The first kappa shape index (κ1) is 18.2. The van der Waals surface area contributed by atoms with E-state index in [0.717, 1.165) is 18.5 Å². The lowest BCUT2D eigenvalue weighted by molar-refractivity contribution is 0.0676. The quantitative estimate of drug-likeness (QED) is 0.856. The average Bonchev–Trinajstić information content (AvgIpc) is 3.02. The minimum absolute atomic E-state index is 0.0340. The van der Waals surface area contributed by atoms with Crippen LogP contribution in [0.5, 0.6) is 0 Å². The molecule has 0 spiro atoms. The zero-order valence-electron chi connectivity index (χ0n) is 15.4. The maximum atomic E-state index is 12.3. The molecule has 0 aromatic carbocycles. The molecule has 2 aromatic heterocycles. The normalized spacial score (nSPS) is 16.0. The Morgan fingerprint density at radius 1 is 1.27 bits per heavy atom. The molecule has 3 rings (SSSR count). The van der Waals surface area contributed by atoms with Crippen LogP contribution in [0.3, 0.4) is 0 Å². The average molecular weight is 359 g/mol. The smallest absolute Gasteiger partial charge is 0.323 e. The Morgan fingerprint density at radius 3 is 2.50 bits per heavy atom. The molecule has 0 unspecified atom stereocenters. The van der Waals surface area contributed by atoms with E-state index in [4.69, 9.17) is 0 Å². The van der Waals surface area contributed by atoms with Gasteiger partial charge in [0.15, 0.2) is 0 Å². The highest BCUT2D eigenvalue weighted by Gasteiger charge is 2.25. The molecule has 0 saturated carbocycles. The molecule has 1 amide bonds. The van der Waals surface area contributed by atoms with E-state index in [-0.39, 0.29) is 28.3 Å². The zero-order valence-corrected chi connectivity index (χ0v) is 15.4. The van der Waals surface area contributed by atoms with Crippen molar-refractivity contribution in [3.63, 3.8) is 0 Å². The predicted octanol–water partition coefficient (Wildman–Crippen LogP) is 1.11. The molecule has 3 heterocycles. The summed E-state index contributed by atoms with van der Waals surface area (Å²) in [6.45, 7) is 7.92. The van der Waals surface area contributed by atoms with Gasteiger partial charge in [-0.15, -0.1) is 0 Å². The first-order chi connectivity index (χ1) is 12.2. The van der Waals surface area contributed by atoms with Gasteiger partial charge in [0.1, 0.15) is 5.69 Å². The van der Waals surface area contributed by atoms with Crippen LogP contribution in [0.25, 0.3) is 0 Å². The van der Waals surface area contributed by atoms with Gasteiger partial charge in [0.25, 0.3) is 11.5 Å². The van der Waals surface area contributed by atoms with E-state index in [0.29, 0.717) is 25.6 Å². The highest BCUT2D eigenvalue weighted by Crippen LogP contribution is 2.21. The van der Waals surface area contributed by atoms with Crippen molar-refractivity contribution >= 4 is 5.91 Å². The van der Waals surface area contributed by atoms with Crippen molar-refractivity contribution in [1.29, 1.82) is 0 Å². The number of hydrogen-bond acceptors (Lipinski definition) is 4. The number of H-pyrrole nitrogens is 2. The molecule has 0 atom stereocenters. The fourth-order valence-corrected chi connectivity index (χ4v) is 3.19. The van der Waals surface area contributed by atoms with E-state index in [9.17, 15) is 14.4 Å². The van der Waals surface area contributed by atoms with Crippen molar-refractivity contribution in [1.82, 2.24) is 24.4 Å². The molecule has 1 saturated heterocycles. The van der Waals surface area contributed by atoms with E-state index >= 15 is 0 Å². The monoisotopic (exact) mass is 359 g/mol. The van der Waals surface area contributed by atoms with Crippen LogP contribution in [-0.4, -0.2) is 43.4 Å². The Balaban J connectivity index is 1.60. The minimum Gasteiger partial charge on any atom is -0.337 e. The highest BCUT2D eigenvalue weighted by atomic mass is 16.2. The number of rotatable bonds is 3. The molecule has 8 nitrogen and oxygen atoms in total. The van der Waals surface area contributed by atoms with Crippen molar-refractivity contribution in [2.45, 2.75) is 45.6 Å². The van der Waals surface area contributed by atoms with Gasteiger partial charge in [-0.25, -0.2) is 9.78 Å². The fourth-order valence-electron chi connectivity index (χ4n) is 3.19. The number of hydrogen-bond donors (Lipinski definition) is 2. The van der Waals surface area contributed by atoms with Crippen LogP contribution in [-0.2, 0) is 12.0 Å². The lowest BCUT2D eigenvalue weighted by atomic mass is 9.92. The molecule has 1 aliphatic rings. The van der Waals surface area contributed by atoms with E-state index in [1.165, 1.54) is 6.20 Å². The number of likely N-dealkylation sites (tertiary alicyclic amines) is 1. The molecule has 0 aliphatic carbocycles. The standard InChI is InChI=1S/C18H25N5O3/c1-18(2,3)14-8-15(24)23(11-20-14)10-12-4-6-22(7-5-12)16(25)13-9-19-17(26)21-13/h8-9,11-12H,4-7,10H2,1-3H3,(H2,19,21,26). The number of amides is 1. The summed E-state index contributed by atoms with van der Waals surface area (Å²) in [6.07, 6.45) is 4.66. The number of carbonyl (C=O) groups excluding carboxylic acids is 1. The lowest BCUT2D eigenvalue weighted by Crippen LogP contribution is -2.40. The second-order valence-corrected chi connectivity index (χ2v) is 7.91. The summed E-state index contributed by atoms with van der Waals surface area (Å²) < 4.78 is 1.65.